The molecule has 1 aromatic carbocycles. The average Bonchev–Trinajstić information content (AvgIpc) is 2.41. The molecular weight excluding hydrogens is 350 g/mol. The Bertz CT molecular complexity index is 676. The molecule has 0 aliphatic carbocycles. The van der Waals surface area contributed by atoms with Crippen LogP contribution in [0.15, 0.2) is 41.0 Å². The molecule has 0 atom stereocenters. The molecule has 1 N–H and O–H groups in total. The van der Waals surface area contributed by atoms with Crippen molar-refractivity contribution in [3.05, 3.63) is 61.8 Å². The van der Waals surface area contributed by atoms with Crippen LogP contribution in [0.2, 0.25) is 5.15 Å². The molecule has 0 saturated heterocycles. The fourth-order valence-corrected chi connectivity index (χ4v) is 1.88. The van der Waals surface area contributed by atoms with E-state index in [4.69, 9.17) is 11.6 Å². The molecule has 2 rings (SSSR count). The summed E-state index contributed by atoms with van der Waals surface area (Å²) in [6.07, 6.45) is 0.999. The highest BCUT2D eigenvalue weighted by molar-refractivity contribution is 9.10. The van der Waals surface area contributed by atoms with Crippen LogP contribution in [-0.2, 0) is 0 Å². The highest BCUT2D eigenvalue weighted by atomic mass is 79.9. The van der Waals surface area contributed by atoms with E-state index in [1.54, 1.807) is 24.3 Å². The second-order valence-corrected chi connectivity index (χ2v) is 5.02. The van der Waals surface area contributed by atoms with Gasteiger partial charge in [-0.3, -0.25) is 14.9 Å². The molecule has 0 unspecified atom stereocenters. The quantitative estimate of drug-likeness (QED) is 0.516. The number of hydrogen-bond acceptors (Lipinski definition) is 4. The number of anilines is 1. The Hall–Kier alpha value is -1.99. The van der Waals surface area contributed by atoms with Gasteiger partial charge in [0, 0.05) is 16.2 Å². The molecule has 0 radical (unpaired) electrons. The van der Waals surface area contributed by atoms with Crippen LogP contribution in [0, 0.1) is 10.1 Å². The van der Waals surface area contributed by atoms with Crippen LogP contribution in [0.5, 0.6) is 0 Å². The maximum atomic E-state index is 12.0. The summed E-state index contributed by atoms with van der Waals surface area (Å²) in [6, 6.07) is 7.96. The van der Waals surface area contributed by atoms with Crippen molar-refractivity contribution < 1.29 is 9.72 Å². The Kier molecular flexibility index (Phi) is 4.31. The van der Waals surface area contributed by atoms with E-state index in [0.717, 1.165) is 16.7 Å². The first-order valence-corrected chi connectivity index (χ1v) is 6.51. The first-order chi connectivity index (χ1) is 9.47. The number of amides is 1. The van der Waals surface area contributed by atoms with Crippen LogP contribution in [-0.4, -0.2) is 15.8 Å². The molecule has 1 aromatic heterocycles. The lowest BCUT2D eigenvalue weighted by Gasteiger charge is -2.06. The standard InChI is InChI=1S/C12H7BrClN3O3/c13-7-1-3-8(4-2-7)16-12(18)10-5-9(17(19)20)6-15-11(10)14/h1-6H,(H,16,18). The summed E-state index contributed by atoms with van der Waals surface area (Å²) in [6.45, 7) is 0. The fraction of sp³-hybridized carbons (Fsp3) is 0. The number of nitrogens with one attached hydrogen (secondary N) is 1. The third kappa shape index (κ3) is 3.31. The SMILES string of the molecule is O=C(Nc1ccc(Br)cc1)c1cc([N+](=O)[O-])cnc1Cl. The third-order valence-electron chi connectivity index (χ3n) is 2.38. The Morgan fingerprint density at radius 3 is 2.60 bits per heavy atom. The van der Waals surface area contributed by atoms with Gasteiger partial charge < -0.3 is 5.32 Å². The summed E-state index contributed by atoms with van der Waals surface area (Å²) >= 11 is 9.06. The second-order valence-electron chi connectivity index (χ2n) is 3.75. The van der Waals surface area contributed by atoms with Crippen molar-refractivity contribution >= 4 is 44.8 Å². The monoisotopic (exact) mass is 355 g/mol. The zero-order valence-electron chi connectivity index (χ0n) is 9.84. The van der Waals surface area contributed by atoms with E-state index < -0.39 is 10.8 Å². The first kappa shape index (κ1) is 14.4. The molecule has 0 bridgehead atoms. The predicted octanol–water partition coefficient (Wildman–Crippen LogP) is 3.66. The van der Waals surface area contributed by atoms with Gasteiger partial charge >= 0.3 is 0 Å². The summed E-state index contributed by atoms with van der Waals surface area (Å²) in [5.74, 6) is -0.562. The predicted molar refractivity (Wildman–Crippen MR) is 78.0 cm³/mol. The maximum Gasteiger partial charge on any atom is 0.288 e. The Morgan fingerprint density at radius 2 is 2.00 bits per heavy atom. The highest BCUT2D eigenvalue weighted by Gasteiger charge is 2.17. The molecule has 2 aromatic rings. The number of carbonyl (C=O) groups excluding carboxylic acids is 1. The molecular formula is C12H7BrClN3O3. The van der Waals surface area contributed by atoms with Crippen LogP contribution in [0.1, 0.15) is 10.4 Å². The molecule has 6 nitrogen and oxygen atoms in total. The summed E-state index contributed by atoms with van der Waals surface area (Å²) in [4.78, 5) is 25.7. The second kappa shape index (κ2) is 5.98. The molecule has 102 valence electrons. The molecule has 0 fully saturated rings. The molecule has 0 spiro atoms. The Balaban J connectivity index is 2.26. The lowest BCUT2D eigenvalue weighted by atomic mass is 10.2. The van der Waals surface area contributed by atoms with E-state index in [1.807, 2.05) is 0 Å². The minimum absolute atomic E-state index is 0.0521. The summed E-state index contributed by atoms with van der Waals surface area (Å²) in [7, 11) is 0. The van der Waals surface area contributed by atoms with E-state index in [0.29, 0.717) is 5.69 Å². The summed E-state index contributed by atoms with van der Waals surface area (Å²) < 4.78 is 0.866. The van der Waals surface area contributed by atoms with Gasteiger partial charge in [-0.2, -0.15) is 0 Å². The minimum Gasteiger partial charge on any atom is -0.322 e. The molecule has 0 saturated carbocycles. The van der Waals surface area contributed by atoms with Gasteiger partial charge in [0.2, 0.25) is 0 Å². The van der Waals surface area contributed by atoms with E-state index >= 15 is 0 Å². The van der Waals surface area contributed by atoms with Crippen molar-refractivity contribution in [3.8, 4) is 0 Å². The minimum atomic E-state index is -0.639. The number of nitro groups is 1. The van der Waals surface area contributed by atoms with Gasteiger partial charge in [0.05, 0.1) is 10.5 Å². The van der Waals surface area contributed by atoms with Crippen molar-refractivity contribution in [3.63, 3.8) is 0 Å². The average molecular weight is 357 g/mol. The molecule has 0 aliphatic heterocycles. The maximum absolute atomic E-state index is 12.0. The lowest BCUT2D eigenvalue weighted by Crippen LogP contribution is -2.13. The normalized spacial score (nSPS) is 10.1. The van der Waals surface area contributed by atoms with E-state index in [2.05, 4.69) is 26.2 Å². The van der Waals surface area contributed by atoms with Crippen LogP contribution in [0.4, 0.5) is 11.4 Å². The van der Waals surface area contributed by atoms with Gasteiger partial charge in [-0.1, -0.05) is 27.5 Å². The van der Waals surface area contributed by atoms with Gasteiger partial charge in [0.1, 0.15) is 11.3 Å². The number of aromatic nitrogens is 1. The first-order valence-electron chi connectivity index (χ1n) is 5.34. The zero-order valence-corrected chi connectivity index (χ0v) is 12.2. The van der Waals surface area contributed by atoms with Crippen LogP contribution >= 0.6 is 27.5 Å². The molecule has 1 heterocycles. The Labute approximate surface area is 127 Å². The van der Waals surface area contributed by atoms with Gasteiger partial charge in [-0.25, -0.2) is 4.98 Å². The number of halogens is 2. The van der Waals surface area contributed by atoms with Crippen molar-refractivity contribution in [1.29, 1.82) is 0 Å². The number of rotatable bonds is 3. The molecule has 8 heteroatoms. The smallest absolute Gasteiger partial charge is 0.288 e. The van der Waals surface area contributed by atoms with E-state index in [1.165, 1.54) is 0 Å². The third-order valence-corrected chi connectivity index (χ3v) is 3.21. The number of pyridine rings is 1. The number of benzene rings is 1. The lowest BCUT2D eigenvalue weighted by molar-refractivity contribution is -0.385. The zero-order chi connectivity index (χ0) is 14.7. The van der Waals surface area contributed by atoms with Gasteiger partial charge in [0.25, 0.3) is 11.6 Å². The number of nitrogens with zero attached hydrogens (tertiary/aromatic N) is 2. The van der Waals surface area contributed by atoms with Crippen LogP contribution < -0.4 is 5.32 Å². The van der Waals surface area contributed by atoms with Crippen LogP contribution in [0.3, 0.4) is 0 Å². The van der Waals surface area contributed by atoms with Crippen molar-refractivity contribution in [2.24, 2.45) is 0 Å². The summed E-state index contributed by atoms with van der Waals surface area (Å²) in [5.41, 5.74) is 0.194. The molecule has 1 amide bonds. The largest absolute Gasteiger partial charge is 0.322 e. The Morgan fingerprint density at radius 1 is 1.35 bits per heavy atom. The molecule has 0 aliphatic rings. The van der Waals surface area contributed by atoms with E-state index in [9.17, 15) is 14.9 Å². The number of carbonyl (C=O) groups is 1. The summed E-state index contributed by atoms with van der Waals surface area (Å²) in [5, 5.41) is 13.2. The van der Waals surface area contributed by atoms with Gasteiger partial charge in [-0.15, -0.1) is 0 Å². The number of hydrogen-bond donors (Lipinski definition) is 1. The van der Waals surface area contributed by atoms with Crippen molar-refractivity contribution in [1.82, 2.24) is 4.98 Å². The van der Waals surface area contributed by atoms with Crippen molar-refractivity contribution in [2.45, 2.75) is 0 Å². The topological polar surface area (TPSA) is 85.1 Å². The highest BCUT2D eigenvalue weighted by Crippen LogP contribution is 2.21. The van der Waals surface area contributed by atoms with Crippen molar-refractivity contribution in [2.75, 3.05) is 5.32 Å². The van der Waals surface area contributed by atoms with E-state index in [-0.39, 0.29) is 16.4 Å². The van der Waals surface area contributed by atoms with Crippen LogP contribution in [0.25, 0.3) is 0 Å². The fourth-order valence-electron chi connectivity index (χ4n) is 1.43. The van der Waals surface area contributed by atoms with Gasteiger partial charge in [0.15, 0.2) is 0 Å². The molecule has 20 heavy (non-hydrogen) atoms. The van der Waals surface area contributed by atoms with Gasteiger partial charge in [-0.05, 0) is 24.3 Å².